The van der Waals surface area contributed by atoms with Gasteiger partial charge in [-0.05, 0) is 11.3 Å². The summed E-state index contributed by atoms with van der Waals surface area (Å²) < 4.78 is 13.8. The van der Waals surface area contributed by atoms with Crippen LogP contribution in [-0.4, -0.2) is 11.5 Å². The third-order valence-corrected chi connectivity index (χ3v) is 3.71. The SMILES string of the molecule is CC(C)C(C)(C)CNCc1cccc([N+](=O)[O-])c1F. The van der Waals surface area contributed by atoms with Gasteiger partial charge in [0, 0.05) is 24.7 Å². The van der Waals surface area contributed by atoms with Gasteiger partial charge < -0.3 is 5.32 Å². The third-order valence-electron chi connectivity index (χ3n) is 3.71. The van der Waals surface area contributed by atoms with Crippen LogP contribution in [0.3, 0.4) is 0 Å². The molecule has 0 aromatic heterocycles. The molecule has 4 nitrogen and oxygen atoms in total. The first-order valence-corrected chi connectivity index (χ1v) is 6.38. The fourth-order valence-electron chi connectivity index (χ4n) is 1.57. The lowest BCUT2D eigenvalue weighted by molar-refractivity contribution is -0.387. The van der Waals surface area contributed by atoms with Crippen LogP contribution in [0, 0.1) is 27.3 Å². The molecule has 0 amide bonds. The molecule has 0 heterocycles. The maximum atomic E-state index is 13.8. The van der Waals surface area contributed by atoms with Crippen molar-refractivity contribution in [2.24, 2.45) is 11.3 Å². The minimum Gasteiger partial charge on any atom is -0.312 e. The summed E-state index contributed by atoms with van der Waals surface area (Å²) in [6.07, 6.45) is 0. The van der Waals surface area contributed by atoms with Gasteiger partial charge in [-0.15, -0.1) is 0 Å². The van der Waals surface area contributed by atoms with Crippen LogP contribution in [0.1, 0.15) is 33.3 Å². The van der Waals surface area contributed by atoms with Gasteiger partial charge >= 0.3 is 5.69 Å². The van der Waals surface area contributed by atoms with Crippen LogP contribution < -0.4 is 5.32 Å². The molecule has 0 aliphatic rings. The molecule has 106 valence electrons. The van der Waals surface area contributed by atoms with Crippen molar-refractivity contribution in [3.05, 3.63) is 39.7 Å². The van der Waals surface area contributed by atoms with Crippen molar-refractivity contribution in [1.82, 2.24) is 5.32 Å². The number of halogens is 1. The highest BCUT2D eigenvalue weighted by Gasteiger charge is 2.22. The first-order valence-electron chi connectivity index (χ1n) is 6.38. The van der Waals surface area contributed by atoms with Crippen LogP contribution in [0.4, 0.5) is 10.1 Å². The average Bonchev–Trinajstić information content (AvgIpc) is 2.30. The minimum atomic E-state index is -0.748. The number of nitrogens with one attached hydrogen (secondary N) is 1. The first kappa shape index (κ1) is 15.6. The number of hydrogen-bond acceptors (Lipinski definition) is 3. The van der Waals surface area contributed by atoms with Crippen molar-refractivity contribution in [3.63, 3.8) is 0 Å². The Morgan fingerprint density at radius 1 is 1.42 bits per heavy atom. The molecule has 1 aromatic carbocycles. The molecule has 0 aliphatic carbocycles. The molecule has 0 saturated heterocycles. The number of nitro benzene ring substituents is 1. The summed E-state index contributed by atoms with van der Waals surface area (Å²) in [5.74, 6) is -0.252. The standard InChI is InChI=1S/C14H21FN2O2/c1-10(2)14(3,4)9-16-8-11-6-5-7-12(13(11)15)17(18)19/h5-7,10,16H,8-9H2,1-4H3. The Morgan fingerprint density at radius 3 is 2.58 bits per heavy atom. The molecule has 1 rings (SSSR count). The van der Waals surface area contributed by atoms with Gasteiger partial charge in [0.05, 0.1) is 4.92 Å². The fraction of sp³-hybridized carbons (Fsp3) is 0.571. The van der Waals surface area contributed by atoms with E-state index in [-0.39, 0.29) is 5.41 Å². The Bertz CT molecular complexity index is 459. The van der Waals surface area contributed by atoms with Gasteiger partial charge in [0.2, 0.25) is 5.82 Å². The summed E-state index contributed by atoms with van der Waals surface area (Å²) >= 11 is 0. The van der Waals surface area contributed by atoms with Crippen LogP contribution in [0.2, 0.25) is 0 Å². The summed E-state index contributed by atoms with van der Waals surface area (Å²) in [6.45, 7) is 9.56. The Kier molecular flexibility index (Phi) is 5.00. The lowest BCUT2D eigenvalue weighted by Crippen LogP contribution is -2.33. The zero-order valence-electron chi connectivity index (χ0n) is 11.9. The van der Waals surface area contributed by atoms with E-state index in [0.717, 1.165) is 6.54 Å². The molecule has 0 spiro atoms. The van der Waals surface area contributed by atoms with Gasteiger partial charge in [0.15, 0.2) is 0 Å². The third kappa shape index (κ3) is 3.99. The predicted octanol–water partition coefficient (Wildman–Crippen LogP) is 3.51. The van der Waals surface area contributed by atoms with Gasteiger partial charge in [-0.25, -0.2) is 0 Å². The molecular weight excluding hydrogens is 247 g/mol. The van der Waals surface area contributed by atoms with Crippen molar-refractivity contribution in [1.29, 1.82) is 0 Å². The summed E-state index contributed by atoms with van der Waals surface area (Å²) in [6, 6.07) is 4.25. The molecule has 0 atom stereocenters. The zero-order valence-corrected chi connectivity index (χ0v) is 11.9. The van der Waals surface area contributed by atoms with E-state index in [2.05, 4.69) is 33.0 Å². The fourth-order valence-corrected chi connectivity index (χ4v) is 1.57. The van der Waals surface area contributed by atoms with Crippen molar-refractivity contribution in [2.75, 3.05) is 6.54 Å². The van der Waals surface area contributed by atoms with E-state index in [1.807, 2.05) is 0 Å². The predicted molar refractivity (Wildman–Crippen MR) is 73.4 cm³/mol. The molecule has 5 heteroatoms. The highest BCUT2D eigenvalue weighted by atomic mass is 19.1. The molecule has 0 bridgehead atoms. The van der Waals surface area contributed by atoms with Gasteiger partial charge in [-0.3, -0.25) is 10.1 Å². The minimum absolute atomic E-state index is 0.0944. The van der Waals surface area contributed by atoms with E-state index in [4.69, 9.17) is 0 Å². The monoisotopic (exact) mass is 268 g/mol. The number of hydrogen-bond donors (Lipinski definition) is 1. The van der Waals surface area contributed by atoms with Gasteiger partial charge in [-0.1, -0.05) is 39.8 Å². The summed E-state index contributed by atoms with van der Waals surface area (Å²) in [4.78, 5) is 9.94. The Balaban J connectivity index is 2.69. The lowest BCUT2D eigenvalue weighted by atomic mass is 9.81. The molecule has 1 aromatic rings. The van der Waals surface area contributed by atoms with Crippen molar-refractivity contribution in [2.45, 2.75) is 34.2 Å². The summed E-state index contributed by atoms with van der Waals surface area (Å²) in [5, 5.41) is 13.8. The van der Waals surface area contributed by atoms with E-state index in [1.54, 1.807) is 6.07 Å². The number of nitro groups is 1. The van der Waals surface area contributed by atoms with E-state index < -0.39 is 16.4 Å². The van der Waals surface area contributed by atoms with Crippen LogP contribution in [-0.2, 0) is 6.54 Å². The van der Waals surface area contributed by atoms with Crippen LogP contribution in [0.5, 0.6) is 0 Å². The summed E-state index contributed by atoms with van der Waals surface area (Å²) in [5.41, 5.74) is -0.0480. The van der Waals surface area contributed by atoms with Crippen molar-refractivity contribution in [3.8, 4) is 0 Å². The molecule has 0 saturated carbocycles. The van der Waals surface area contributed by atoms with Gasteiger partial charge in [0.25, 0.3) is 0 Å². The normalized spacial score (nSPS) is 11.9. The van der Waals surface area contributed by atoms with Gasteiger partial charge in [-0.2, -0.15) is 4.39 Å². The Labute approximate surface area is 113 Å². The van der Waals surface area contributed by atoms with Crippen LogP contribution >= 0.6 is 0 Å². The quantitative estimate of drug-likeness (QED) is 0.634. The molecule has 1 N–H and O–H groups in total. The smallest absolute Gasteiger partial charge is 0.305 e. The molecule has 0 radical (unpaired) electrons. The maximum Gasteiger partial charge on any atom is 0.305 e. The van der Waals surface area contributed by atoms with Crippen LogP contribution in [0.15, 0.2) is 18.2 Å². The molecular formula is C14H21FN2O2. The number of nitrogens with zero attached hydrogens (tertiary/aromatic N) is 1. The molecule has 0 fully saturated rings. The number of rotatable bonds is 6. The molecule has 0 unspecified atom stereocenters. The largest absolute Gasteiger partial charge is 0.312 e. The summed E-state index contributed by atoms with van der Waals surface area (Å²) in [7, 11) is 0. The Hall–Kier alpha value is -1.49. The molecule has 19 heavy (non-hydrogen) atoms. The molecule has 0 aliphatic heterocycles. The van der Waals surface area contributed by atoms with E-state index in [9.17, 15) is 14.5 Å². The van der Waals surface area contributed by atoms with Crippen molar-refractivity contribution >= 4 is 5.69 Å². The second kappa shape index (κ2) is 6.10. The second-order valence-corrected chi connectivity index (χ2v) is 5.75. The zero-order chi connectivity index (χ0) is 14.6. The lowest BCUT2D eigenvalue weighted by Gasteiger charge is -2.29. The van der Waals surface area contributed by atoms with E-state index in [1.165, 1.54) is 12.1 Å². The highest BCUT2D eigenvalue weighted by Crippen LogP contribution is 2.25. The maximum absolute atomic E-state index is 13.8. The highest BCUT2D eigenvalue weighted by molar-refractivity contribution is 5.36. The van der Waals surface area contributed by atoms with Crippen molar-refractivity contribution < 1.29 is 9.31 Å². The van der Waals surface area contributed by atoms with Crippen LogP contribution in [0.25, 0.3) is 0 Å². The number of benzene rings is 1. The van der Waals surface area contributed by atoms with E-state index in [0.29, 0.717) is 18.0 Å². The first-order chi connectivity index (χ1) is 8.75. The van der Waals surface area contributed by atoms with Gasteiger partial charge in [0.1, 0.15) is 0 Å². The second-order valence-electron chi connectivity index (χ2n) is 5.75. The van der Waals surface area contributed by atoms with E-state index >= 15 is 0 Å². The topological polar surface area (TPSA) is 55.2 Å². The Morgan fingerprint density at radius 2 is 2.05 bits per heavy atom. The average molecular weight is 268 g/mol.